The smallest absolute Gasteiger partial charge is 0.234 e. The van der Waals surface area contributed by atoms with Gasteiger partial charge in [-0.2, -0.15) is 0 Å². The SMILES string of the molecule is C[Si](C)(C)OOONc1ccccc1. The van der Waals surface area contributed by atoms with Crippen LogP contribution in [-0.4, -0.2) is 8.32 Å². The van der Waals surface area contributed by atoms with Crippen molar-refractivity contribution in [2.24, 2.45) is 0 Å². The summed E-state index contributed by atoms with van der Waals surface area (Å²) in [6.45, 7) is 6.00. The molecule has 78 valence electrons. The van der Waals surface area contributed by atoms with Gasteiger partial charge >= 0.3 is 0 Å². The Morgan fingerprint density at radius 2 is 1.71 bits per heavy atom. The van der Waals surface area contributed by atoms with Gasteiger partial charge in [-0.1, -0.05) is 28.2 Å². The molecule has 1 aromatic rings. The van der Waals surface area contributed by atoms with Gasteiger partial charge in [0.2, 0.25) is 8.32 Å². The average molecular weight is 213 g/mol. The summed E-state index contributed by atoms with van der Waals surface area (Å²) in [5, 5.41) is 4.55. The molecule has 0 aliphatic carbocycles. The lowest BCUT2D eigenvalue weighted by Crippen LogP contribution is -2.26. The van der Waals surface area contributed by atoms with Gasteiger partial charge in [-0.15, -0.1) is 0 Å². The standard InChI is InChI=1S/C9H15NO3Si/c1-14(2,3)13-12-11-10-9-7-5-4-6-8-9/h4-8,10H,1-3H3. The Morgan fingerprint density at radius 3 is 2.29 bits per heavy atom. The summed E-state index contributed by atoms with van der Waals surface area (Å²) >= 11 is 0. The number of rotatable bonds is 5. The molecule has 0 amide bonds. The van der Waals surface area contributed by atoms with Crippen molar-refractivity contribution < 1.29 is 14.6 Å². The van der Waals surface area contributed by atoms with Crippen molar-refractivity contribution in [1.82, 2.24) is 0 Å². The molecule has 0 bridgehead atoms. The lowest BCUT2D eigenvalue weighted by Gasteiger charge is -2.13. The first-order chi connectivity index (χ1) is 6.58. The predicted octanol–water partition coefficient (Wildman–Crippen LogP) is 2.73. The molecule has 0 atom stereocenters. The first-order valence-electron chi connectivity index (χ1n) is 4.40. The van der Waals surface area contributed by atoms with E-state index >= 15 is 0 Å². The Bertz CT molecular complexity index is 261. The molecule has 0 unspecified atom stereocenters. The molecule has 0 fully saturated rings. The van der Waals surface area contributed by atoms with Crippen LogP contribution in [0.2, 0.25) is 19.6 Å². The second-order valence-electron chi connectivity index (χ2n) is 3.82. The molecule has 0 heterocycles. The van der Waals surface area contributed by atoms with E-state index in [-0.39, 0.29) is 0 Å². The molecule has 1 N–H and O–H groups in total. The van der Waals surface area contributed by atoms with Gasteiger partial charge in [0.1, 0.15) is 0 Å². The van der Waals surface area contributed by atoms with Crippen LogP contribution in [0, 0.1) is 0 Å². The van der Waals surface area contributed by atoms with Gasteiger partial charge in [0, 0.05) is 0 Å². The monoisotopic (exact) mass is 213 g/mol. The average Bonchev–Trinajstić information content (AvgIpc) is 2.13. The van der Waals surface area contributed by atoms with E-state index in [9.17, 15) is 0 Å². The second-order valence-corrected chi connectivity index (χ2v) is 8.21. The number of benzene rings is 1. The highest BCUT2D eigenvalue weighted by Gasteiger charge is 2.16. The molecule has 0 saturated carbocycles. The Kier molecular flexibility index (Phi) is 4.09. The first kappa shape index (κ1) is 11.2. The third-order valence-corrected chi connectivity index (χ3v) is 1.82. The Morgan fingerprint density at radius 1 is 1.07 bits per heavy atom. The number of hydrogen-bond acceptors (Lipinski definition) is 4. The van der Waals surface area contributed by atoms with Crippen LogP contribution >= 0.6 is 0 Å². The van der Waals surface area contributed by atoms with Crippen LogP contribution in [0.4, 0.5) is 5.69 Å². The van der Waals surface area contributed by atoms with Crippen LogP contribution in [0.5, 0.6) is 0 Å². The summed E-state index contributed by atoms with van der Waals surface area (Å²) in [4.78, 5) is 4.66. The van der Waals surface area contributed by atoms with Gasteiger partial charge in [-0.3, -0.25) is 4.58 Å². The molecule has 1 rings (SSSR count). The van der Waals surface area contributed by atoms with Gasteiger partial charge in [0.15, 0.2) is 0 Å². The van der Waals surface area contributed by atoms with Crippen molar-refractivity contribution in [3.63, 3.8) is 0 Å². The maximum atomic E-state index is 5.01. The highest BCUT2D eigenvalue weighted by atomic mass is 28.4. The van der Waals surface area contributed by atoms with Gasteiger partial charge in [-0.25, -0.2) is 5.48 Å². The summed E-state index contributed by atoms with van der Waals surface area (Å²) in [5.74, 6) is 0. The zero-order valence-corrected chi connectivity index (χ0v) is 9.61. The minimum Gasteiger partial charge on any atom is -0.256 e. The molecule has 0 aliphatic rings. The van der Waals surface area contributed by atoms with E-state index < -0.39 is 8.32 Å². The zero-order valence-electron chi connectivity index (χ0n) is 8.61. The molecule has 0 aliphatic heterocycles. The van der Waals surface area contributed by atoms with E-state index in [1.54, 1.807) is 0 Å². The van der Waals surface area contributed by atoms with Crippen molar-refractivity contribution in [2.75, 3.05) is 5.48 Å². The highest BCUT2D eigenvalue weighted by Crippen LogP contribution is 2.06. The summed E-state index contributed by atoms with van der Waals surface area (Å²) in [7, 11) is -1.68. The number of para-hydroxylation sites is 1. The van der Waals surface area contributed by atoms with Crippen molar-refractivity contribution in [2.45, 2.75) is 19.6 Å². The second kappa shape index (κ2) is 5.11. The molecule has 0 aromatic heterocycles. The molecule has 1 aromatic carbocycles. The summed E-state index contributed by atoms with van der Waals surface area (Å²) in [6, 6.07) is 9.43. The minimum atomic E-state index is -1.68. The fourth-order valence-electron chi connectivity index (χ4n) is 0.690. The maximum Gasteiger partial charge on any atom is 0.234 e. The normalized spacial score (nSPS) is 11.4. The molecule has 0 spiro atoms. The fourth-order valence-corrected chi connectivity index (χ4v) is 0.929. The van der Waals surface area contributed by atoms with E-state index in [0.717, 1.165) is 5.69 Å². The number of hydrogen-bond donors (Lipinski definition) is 1. The molecule has 5 heteroatoms. The Labute approximate surface area is 84.7 Å². The van der Waals surface area contributed by atoms with Crippen LogP contribution in [-0.2, 0) is 14.6 Å². The number of nitrogens with one attached hydrogen (secondary N) is 1. The Balaban J connectivity index is 2.17. The van der Waals surface area contributed by atoms with Crippen LogP contribution in [0.25, 0.3) is 0 Å². The minimum absolute atomic E-state index is 0.812. The molecular formula is C9H15NO3Si. The van der Waals surface area contributed by atoms with Gasteiger partial charge < -0.3 is 0 Å². The van der Waals surface area contributed by atoms with E-state index in [2.05, 4.69) is 15.5 Å². The first-order valence-corrected chi connectivity index (χ1v) is 7.81. The van der Waals surface area contributed by atoms with E-state index in [4.69, 9.17) is 4.58 Å². The van der Waals surface area contributed by atoms with Crippen molar-refractivity contribution in [1.29, 1.82) is 0 Å². The Hall–Kier alpha value is -0.883. The molecule has 14 heavy (non-hydrogen) atoms. The van der Waals surface area contributed by atoms with Crippen molar-refractivity contribution in [3.05, 3.63) is 30.3 Å². The number of anilines is 1. The zero-order chi connectivity index (χ0) is 10.4. The van der Waals surface area contributed by atoms with E-state index in [0.29, 0.717) is 0 Å². The molecule has 4 nitrogen and oxygen atoms in total. The topological polar surface area (TPSA) is 39.7 Å². The molecule has 0 saturated heterocycles. The van der Waals surface area contributed by atoms with E-state index in [1.165, 1.54) is 0 Å². The van der Waals surface area contributed by atoms with Crippen LogP contribution in [0.3, 0.4) is 0 Å². The highest BCUT2D eigenvalue weighted by molar-refractivity contribution is 6.69. The third kappa shape index (κ3) is 4.98. The van der Waals surface area contributed by atoms with Crippen molar-refractivity contribution >= 4 is 14.0 Å². The largest absolute Gasteiger partial charge is 0.256 e. The molecular weight excluding hydrogens is 198 g/mol. The van der Waals surface area contributed by atoms with E-state index in [1.807, 2.05) is 50.0 Å². The van der Waals surface area contributed by atoms with Crippen LogP contribution in [0.15, 0.2) is 30.3 Å². The summed E-state index contributed by atoms with van der Waals surface area (Å²) < 4.78 is 5.01. The van der Waals surface area contributed by atoms with Gasteiger partial charge in [-0.05, 0) is 31.8 Å². The lowest BCUT2D eigenvalue weighted by molar-refractivity contribution is -0.461. The van der Waals surface area contributed by atoms with Crippen LogP contribution in [0.1, 0.15) is 0 Å². The summed E-state index contributed by atoms with van der Waals surface area (Å²) in [5.41, 5.74) is 3.40. The fraction of sp³-hybridized carbons (Fsp3) is 0.333. The molecule has 0 radical (unpaired) electrons. The lowest BCUT2D eigenvalue weighted by atomic mass is 10.3. The maximum absolute atomic E-state index is 5.01. The third-order valence-electron chi connectivity index (χ3n) is 1.25. The summed E-state index contributed by atoms with van der Waals surface area (Å²) in [6.07, 6.45) is 0. The quantitative estimate of drug-likeness (QED) is 0.353. The predicted molar refractivity (Wildman–Crippen MR) is 56.7 cm³/mol. The van der Waals surface area contributed by atoms with Crippen LogP contribution < -0.4 is 5.48 Å². The van der Waals surface area contributed by atoms with Gasteiger partial charge in [0.25, 0.3) is 0 Å². The van der Waals surface area contributed by atoms with Gasteiger partial charge in [0.05, 0.1) is 5.69 Å². The van der Waals surface area contributed by atoms with Crippen molar-refractivity contribution in [3.8, 4) is 0 Å².